The molecular formula is C14H22ClNO2. The molecule has 0 aliphatic carbocycles. The third kappa shape index (κ3) is 5.25. The summed E-state index contributed by atoms with van der Waals surface area (Å²) in [6.07, 6.45) is 2.24. The highest BCUT2D eigenvalue weighted by molar-refractivity contribution is 6.30. The Morgan fingerprint density at radius 3 is 2.72 bits per heavy atom. The first-order valence-electron chi connectivity index (χ1n) is 6.40. The highest BCUT2D eigenvalue weighted by Crippen LogP contribution is 2.27. The summed E-state index contributed by atoms with van der Waals surface area (Å²) in [5.74, 6) is 0.786. The zero-order chi connectivity index (χ0) is 13.4. The van der Waals surface area contributed by atoms with Crippen molar-refractivity contribution >= 4 is 11.6 Å². The normalized spacial score (nSPS) is 12.4. The van der Waals surface area contributed by atoms with E-state index in [4.69, 9.17) is 26.8 Å². The molecule has 0 aliphatic heterocycles. The van der Waals surface area contributed by atoms with E-state index in [1.165, 1.54) is 0 Å². The predicted molar refractivity (Wildman–Crippen MR) is 75.3 cm³/mol. The highest BCUT2D eigenvalue weighted by atomic mass is 35.5. The molecule has 0 saturated heterocycles. The summed E-state index contributed by atoms with van der Waals surface area (Å²) in [4.78, 5) is 0. The fraction of sp³-hybridized carbons (Fsp3) is 0.571. The standard InChI is InChI=1S/C14H22ClNO2/c1-3-4-7-17-8-9-18-14-6-5-12(15)10-13(14)11(2)16/h5-6,10-11H,3-4,7-9,16H2,1-2H3/t11-/m0/s1. The molecule has 0 unspecified atom stereocenters. The van der Waals surface area contributed by atoms with Crippen LogP contribution >= 0.6 is 11.6 Å². The van der Waals surface area contributed by atoms with E-state index < -0.39 is 0 Å². The van der Waals surface area contributed by atoms with Crippen molar-refractivity contribution in [2.45, 2.75) is 32.7 Å². The number of benzene rings is 1. The Morgan fingerprint density at radius 2 is 2.06 bits per heavy atom. The molecule has 1 atom stereocenters. The minimum atomic E-state index is -0.0975. The first-order chi connectivity index (χ1) is 8.65. The van der Waals surface area contributed by atoms with Crippen LogP contribution in [-0.4, -0.2) is 19.8 Å². The van der Waals surface area contributed by atoms with Crippen molar-refractivity contribution < 1.29 is 9.47 Å². The maximum atomic E-state index is 5.94. The SMILES string of the molecule is CCCCOCCOc1ccc(Cl)cc1[C@H](C)N. The molecule has 2 N–H and O–H groups in total. The molecule has 0 spiro atoms. The highest BCUT2D eigenvalue weighted by Gasteiger charge is 2.08. The van der Waals surface area contributed by atoms with Crippen LogP contribution in [-0.2, 0) is 4.74 Å². The summed E-state index contributed by atoms with van der Waals surface area (Å²) in [7, 11) is 0. The minimum absolute atomic E-state index is 0.0975. The van der Waals surface area contributed by atoms with Gasteiger partial charge in [0, 0.05) is 23.2 Å². The molecule has 0 bridgehead atoms. The summed E-state index contributed by atoms with van der Waals surface area (Å²) < 4.78 is 11.1. The Hall–Kier alpha value is -0.770. The fourth-order valence-corrected chi connectivity index (χ4v) is 1.75. The molecule has 1 aromatic carbocycles. The van der Waals surface area contributed by atoms with Crippen molar-refractivity contribution in [3.63, 3.8) is 0 Å². The number of nitrogens with two attached hydrogens (primary N) is 1. The van der Waals surface area contributed by atoms with E-state index in [0.29, 0.717) is 18.2 Å². The lowest BCUT2D eigenvalue weighted by atomic mass is 10.1. The van der Waals surface area contributed by atoms with Crippen molar-refractivity contribution in [3.05, 3.63) is 28.8 Å². The maximum absolute atomic E-state index is 5.94. The van der Waals surface area contributed by atoms with Gasteiger partial charge in [-0.3, -0.25) is 0 Å². The zero-order valence-corrected chi connectivity index (χ0v) is 11.9. The molecule has 102 valence electrons. The summed E-state index contributed by atoms with van der Waals surface area (Å²) in [5, 5.41) is 0.675. The van der Waals surface area contributed by atoms with Gasteiger partial charge in [0.1, 0.15) is 12.4 Å². The van der Waals surface area contributed by atoms with E-state index in [-0.39, 0.29) is 6.04 Å². The second-order valence-electron chi connectivity index (χ2n) is 4.29. The van der Waals surface area contributed by atoms with Gasteiger partial charge in [0.2, 0.25) is 0 Å². The Kier molecular flexibility index (Phi) is 7.09. The quantitative estimate of drug-likeness (QED) is 0.736. The molecule has 0 aliphatic rings. The van der Waals surface area contributed by atoms with E-state index in [1.54, 1.807) is 6.07 Å². The van der Waals surface area contributed by atoms with Crippen LogP contribution in [0.1, 0.15) is 38.3 Å². The van der Waals surface area contributed by atoms with Crippen LogP contribution in [0.25, 0.3) is 0 Å². The van der Waals surface area contributed by atoms with Gasteiger partial charge in [-0.05, 0) is 31.5 Å². The molecule has 4 heteroatoms. The molecule has 18 heavy (non-hydrogen) atoms. The molecule has 0 heterocycles. The fourth-order valence-electron chi connectivity index (χ4n) is 1.57. The molecule has 0 radical (unpaired) electrons. The van der Waals surface area contributed by atoms with Crippen molar-refractivity contribution in [2.75, 3.05) is 19.8 Å². The van der Waals surface area contributed by atoms with E-state index in [0.717, 1.165) is 30.8 Å². The van der Waals surface area contributed by atoms with E-state index >= 15 is 0 Å². The minimum Gasteiger partial charge on any atom is -0.491 e. The van der Waals surface area contributed by atoms with Crippen molar-refractivity contribution in [2.24, 2.45) is 5.73 Å². The van der Waals surface area contributed by atoms with Gasteiger partial charge in [0.05, 0.1) is 6.61 Å². The Labute approximate surface area is 114 Å². The van der Waals surface area contributed by atoms with Crippen LogP contribution in [0, 0.1) is 0 Å². The average molecular weight is 272 g/mol. The summed E-state index contributed by atoms with van der Waals surface area (Å²) >= 11 is 5.94. The third-order valence-corrected chi connectivity index (χ3v) is 2.82. The van der Waals surface area contributed by atoms with Crippen LogP contribution in [0.3, 0.4) is 0 Å². The Bertz CT molecular complexity index is 356. The first-order valence-corrected chi connectivity index (χ1v) is 6.78. The second-order valence-corrected chi connectivity index (χ2v) is 4.72. The predicted octanol–water partition coefficient (Wildman–Crippen LogP) is 3.56. The molecule has 3 nitrogen and oxygen atoms in total. The number of halogens is 1. The van der Waals surface area contributed by atoms with Crippen LogP contribution in [0.15, 0.2) is 18.2 Å². The number of ether oxygens (including phenoxy) is 2. The molecule has 0 amide bonds. The van der Waals surface area contributed by atoms with Gasteiger partial charge >= 0.3 is 0 Å². The van der Waals surface area contributed by atoms with Crippen molar-refractivity contribution in [3.8, 4) is 5.75 Å². The van der Waals surface area contributed by atoms with Crippen molar-refractivity contribution in [1.82, 2.24) is 0 Å². The smallest absolute Gasteiger partial charge is 0.124 e. The molecular weight excluding hydrogens is 250 g/mol. The topological polar surface area (TPSA) is 44.5 Å². The van der Waals surface area contributed by atoms with Crippen LogP contribution < -0.4 is 10.5 Å². The largest absolute Gasteiger partial charge is 0.491 e. The lowest BCUT2D eigenvalue weighted by molar-refractivity contribution is 0.0976. The van der Waals surface area contributed by atoms with Crippen LogP contribution in [0.2, 0.25) is 5.02 Å². The molecule has 0 fully saturated rings. The van der Waals surface area contributed by atoms with E-state index in [1.807, 2.05) is 19.1 Å². The number of hydrogen-bond acceptors (Lipinski definition) is 3. The third-order valence-electron chi connectivity index (χ3n) is 2.59. The van der Waals surface area contributed by atoms with Gasteiger partial charge in [-0.25, -0.2) is 0 Å². The maximum Gasteiger partial charge on any atom is 0.124 e. The van der Waals surface area contributed by atoms with Crippen LogP contribution in [0.4, 0.5) is 0 Å². The second kappa shape index (κ2) is 8.35. The molecule has 1 rings (SSSR count). The van der Waals surface area contributed by atoms with Gasteiger partial charge in [0.25, 0.3) is 0 Å². The summed E-state index contributed by atoms with van der Waals surface area (Å²) in [6, 6.07) is 5.41. The molecule has 0 saturated carbocycles. The van der Waals surface area contributed by atoms with E-state index in [2.05, 4.69) is 6.92 Å². The first kappa shape index (κ1) is 15.3. The van der Waals surface area contributed by atoms with Gasteiger partial charge in [-0.2, -0.15) is 0 Å². The summed E-state index contributed by atoms with van der Waals surface area (Å²) in [5.41, 5.74) is 6.81. The van der Waals surface area contributed by atoms with Crippen LogP contribution in [0.5, 0.6) is 5.75 Å². The van der Waals surface area contributed by atoms with E-state index in [9.17, 15) is 0 Å². The Morgan fingerprint density at radius 1 is 1.28 bits per heavy atom. The monoisotopic (exact) mass is 271 g/mol. The molecule has 1 aromatic rings. The molecule has 0 aromatic heterocycles. The average Bonchev–Trinajstić information content (AvgIpc) is 2.35. The zero-order valence-electron chi connectivity index (χ0n) is 11.1. The summed E-state index contributed by atoms with van der Waals surface area (Å²) in [6.45, 7) is 5.98. The lowest BCUT2D eigenvalue weighted by Gasteiger charge is -2.14. The van der Waals surface area contributed by atoms with Crippen molar-refractivity contribution in [1.29, 1.82) is 0 Å². The number of rotatable bonds is 8. The van der Waals surface area contributed by atoms with Gasteiger partial charge in [-0.1, -0.05) is 24.9 Å². The number of hydrogen-bond donors (Lipinski definition) is 1. The lowest BCUT2D eigenvalue weighted by Crippen LogP contribution is -2.11. The number of unbranched alkanes of at least 4 members (excludes halogenated alkanes) is 1. The van der Waals surface area contributed by atoms with Gasteiger partial charge < -0.3 is 15.2 Å². The van der Waals surface area contributed by atoms with Gasteiger partial charge in [-0.15, -0.1) is 0 Å². The Balaban J connectivity index is 2.42. The van der Waals surface area contributed by atoms with Gasteiger partial charge in [0.15, 0.2) is 0 Å².